The van der Waals surface area contributed by atoms with Crippen molar-refractivity contribution in [3.8, 4) is 17.1 Å². The van der Waals surface area contributed by atoms with Crippen molar-refractivity contribution in [2.75, 3.05) is 13.7 Å². The number of carbonyl (C=O) groups excluding carboxylic acids is 1. The van der Waals surface area contributed by atoms with Gasteiger partial charge in [-0.3, -0.25) is 9.59 Å². The summed E-state index contributed by atoms with van der Waals surface area (Å²) < 4.78 is 11.4. The molecule has 1 aliphatic carbocycles. The van der Waals surface area contributed by atoms with Gasteiger partial charge in [-0.2, -0.15) is 0 Å². The predicted molar refractivity (Wildman–Crippen MR) is 120 cm³/mol. The molecule has 1 saturated carbocycles. The maximum Gasteiger partial charge on any atom is 0.306 e. The molecule has 2 atom stereocenters. The van der Waals surface area contributed by atoms with E-state index in [9.17, 15) is 9.59 Å². The Morgan fingerprint density at radius 3 is 2.56 bits per heavy atom. The molecule has 4 rings (SSSR count). The summed E-state index contributed by atoms with van der Waals surface area (Å²) in [6.45, 7) is 0.963. The number of hydrogen-bond donors (Lipinski definition) is 1. The van der Waals surface area contributed by atoms with Crippen LogP contribution in [0, 0.1) is 11.8 Å². The zero-order chi connectivity index (χ0) is 22.5. The predicted octanol–water partition coefficient (Wildman–Crippen LogP) is 5.10. The number of carboxylic acid groups (broad SMARTS) is 1. The molecule has 1 unspecified atom stereocenters. The molecule has 0 bridgehead atoms. The Balaban J connectivity index is 1.31. The van der Waals surface area contributed by atoms with Gasteiger partial charge < -0.3 is 19.2 Å². The summed E-state index contributed by atoms with van der Waals surface area (Å²) in [5.41, 5.74) is 2.47. The van der Waals surface area contributed by atoms with E-state index in [1.165, 1.54) is 0 Å². The van der Waals surface area contributed by atoms with Gasteiger partial charge in [-0.1, -0.05) is 30.3 Å². The normalized spacial score (nSPS) is 17.0. The van der Waals surface area contributed by atoms with E-state index in [1.807, 2.05) is 48.5 Å². The van der Waals surface area contributed by atoms with Crippen LogP contribution in [0.4, 0.5) is 0 Å². The first-order valence-electron chi connectivity index (χ1n) is 10.9. The third-order valence-corrected chi connectivity index (χ3v) is 5.88. The molecule has 1 amide bonds. The summed E-state index contributed by atoms with van der Waals surface area (Å²) in [7, 11) is 1.78. The minimum atomic E-state index is -0.690. The molecule has 0 spiro atoms. The van der Waals surface area contributed by atoms with E-state index >= 15 is 0 Å². The van der Waals surface area contributed by atoms with Gasteiger partial charge in [0.1, 0.15) is 11.5 Å². The van der Waals surface area contributed by atoms with Crippen LogP contribution in [-0.4, -0.2) is 35.5 Å². The van der Waals surface area contributed by atoms with E-state index in [0.717, 1.165) is 41.9 Å². The molecule has 6 heteroatoms. The second-order valence-corrected chi connectivity index (χ2v) is 8.25. The molecule has 2 aromatic carbocycles. The van der Waals surface area contributed by atoms with E-state index in [4.69, 9.17) is 14.3 Å². The molecule has 32 heavy (non-hydrogen) atoms. The third-order valence-electron chi connectivity index (χ3n) is 5.88. The number of para-hydroxylation sites is 1. The fraction of sp³-hybridized carbons (Fsp3) is 0.308. The fourth-order valence-electron chi connectivity index (χ4n) is 3.94. The van der Waals surface area contributed by atoms with Gasteiger partial charge in [0.25, 0.3) is 5.91 Å². The highest BCUT2D eigenvalue weighted by Crippen LogP contribution is 2.42. The van der Waals surface area contributed by atoms with Crippen molar-refractivity contribution < 1.29 is 23.8 Å². The van der Waals surface area contributed by atoms with Gasteiger partial charge in [0, 0.05) is 30.3 Å². The van der Waals surface area contributed by atoms with Crippen LogP contribution in [0.15, 0.2) is 71.3 Å². The van der Waals surface area contributed by atoms with E-state index in [-0.39, 0.29) is 17.7 Å². The minimum Gasteiger partial charge on any atom is -0.493 e. The SMILES string of the molecule is CN(Cc1ccccc1OCCC[C@@H]1CC1C(=O)O)C(=O)c1ccc(-c2ccco2)cc1. The topological polar surface area (TPSA) is 80.0 Å². The first-order chi connectivity index (χ1) is 15.5. The zero-order valence-corrected chi connectivity index (χ0v) is 18.1. The molecule has 1 heterocycles. The second-order valence-electron chi connectivity index (χ2n) is 8.25. The van der Waals surface area contributed by atoms with Gasteiger partial charge in [-0.15, -0.1) is 0 Å². The van der Waals surface area contributed by atoms with Crippen LogP contribution in [0.5, 0.6) is 5.75 Å². The molecule has 6 nitrogen and oxygen atoms in total. The minimum absolute atomic E-state index is 0.0701. The number of ether oxygens (including phenoxy) is 1. The zero-order valence-electron chi connectivity index (χ0n) is 18.1. The molecule has 0 saturated heterocycles. The van der Waals surface area contributed by atoms with Crippen molar-refractivity contribution in [1.29, 1.82) is 0 Å². The second kappa shape index (κ2) is 9.73. The maximum atomic E-state index is 12.9. The summed E-state index contributed by atoms with van der Waals surface area (Å²) in [6, 6.07) is 18.8. The largest absolute Gasteiger partial charge is 0.493 e. The van der Waals surface area contributed by atoms with Crippen molar-refractivity contribution in [1.82, 2.24) is 4.90 Å². The van der Waals surface area contributed by atoms with Gasteiger partial charge in [-0.25, -0.2) is 0 Å². The Labute approximate surface area is 187 Å². The molecule has 0 aliphatic heterocycles. The lowest BCUT2D eigenvalue weighted by Gasteiger charge is -2.19. The highest BCUT2D eigenvalue weighted by molar-refractivity contribution is 5.94. The van der Waals surface area contributed by atoms with E-state index in [0.29, 0.717) is 18.7 Å². The maximum absolute atomic E-state index is 12.9. The van der Waals surface area contributed by atoms with Crippen LogP contribution in [0.2, 0.25) is 0 Å². The van der Waals surface area contributed by atoms with Gasteiger partial charge in [-0.05, 0) is 55.5 Å². The van der Waals surface area contributed by atoms with Crippen molar-refractivity contribution >= 4 is 11.9 Å². The number of benzene rings is 2. The first kappa shape index (κ1) is 21.7. The van der Waals surface area contributed by atoms with Gasteiger partial charge in [0.2, 0.25) is 0 Å². The summed E-state index contributed by atoms with van der Waals surface area (Å²) in [6.07, 6.45) is 4.09. The standard InChI is InChI=1S/C26H27NO5/c1-27(25(28)19-12-10-18(11-13-19)23-9-5-15-31-23)17-21-6-2-3-8-24(21)32-14-4-7-20-16-22(20)26(29)30/h2-3,5-6,8-13,15,20,22H,4,7,14,16-17H2,1H3,(H,29,30)/t20-,22?/m1/s1. The number of furan rings is 1. The Hall–Kier alpha value is -3.54. The molecule has 166 valence electrons. The number of carbonyl (C=O) groups is 2. The molecule has 0 radical (unpaired) electrons. The lowest BCUT2D eigenvalue weighted by atomic mass is 10.1. The molecule has 1 fully saturated rings. The fourth-order valence-corrected chi connectivity index (χ4v) is 3.94. The van der Waals surface area contributed by atoms with Crippen LogP contribution in [0.1, 0.15) is 35.2 Å². The number of nitrogens with zero attached hydrogens (tertiary/aromatic N) is 1. The van der Waals surface area contributed by atoms with Gasteiger partial charge in [0.05, 0.1) is 18.8 Å². The Morgan fingerprint density at radius 2 is 1.88 bits per heavy atom. The molecule has 1 aliphatic rings. The highest BCUT2D eigenvalue weighted by Gasteiger charge is 2.42. The monoisotopic (exact) mass is 433 g/mol. The first-order valence-corrected chi connectivity index (χ1v) is 10.9. The van der Waals surface area contributed by atoms with E-state index in [2.05, 4.69) is 0 Å². The average Bonchev–Trinajstić information content (AvgIpc) is 3.38. The van der Waals surface area contributed by atoms with Crippen LogP contribution < -0.4 is 4.74 Å². The number of rotatable bonds is 10. The number of aliphatic carboxylic acids is 1. The summed E-state index contributed by atoms with van der Waals surface area (Å²) in [5.74, 6) is 0.877. The molecular weight excluding hydrogens is 406 g/mol. The Kier molecular flexibility index (Phi) is 6.59. The highest BCUT2D eigenvalue weighted by atomic mass is 16.5. The number of amides is 1. The molecule has 1 N–H and O–H groups in total. The lowest BCUT2D eigenvalue weighted by Crippen LogP contribution is -2.26. The van der Waals surface area contributed by atoms with Crippen LogP contribution >= 0.6 is 0 Å². The van der Waals surface area contributed by atoms with Crippen molar-refractivity contribution in [3.63, 3.8) is 0 Å². The van der Waals surface area contributed by atoms with E-state index in [1.54, 1.807) is 30.3 Å². The number of hydrogen-bond acceptors (Lipinski definition) is 4. The average molecular weight is 434 g/mol. The van der Waals surface area contributed by atoms with Gasteiger partial charge >= 0.3 is 5.97 Å². The quantitative estimate of drug-likeness (QED) is 0.450. The summed E-state index contributed by atoms with van der Waals surface area (Å²) in [5, 5.41) is 8.99. The van der Waals surface area contributed by atoms with E-state index < -0.39 is 5.97 Å². The van der Waals surface area contributed by atoms with Crippen LogP contribution in [0.3, 0.4) is 0 Å². The molecular formula is C26H27NO5. The van der Waals surface area contributed by atoms with Gasteiger partial charge in [0.15, 0.2) is 0 Å². The number of carboxylic acids is 1. The van der Waals surface area contributed by atoms with Crippen molar-refractivity contribution in [2.24, 2.45) is 11.8 Å². The smallest absolute Gasteiger partial charge is 0.306 e. The Morgan fingerprint density at radius 1 is 1.09 bits per heavy atom. The lowest BCUT2D eigenvalue weighted by molar-refractivity contribution is -0.138. The van der Waals surface area contributed by atoms with Crippen molar-refractivity contribution in [3.05, 3.63) is 78.1 Å². The third kappa shape index (κ3) is 5.19. The van der Waals surface area contributed by atoms with Crippen LogP contribution in [-0.2, 0) is 11.3 Å². The Bertz CT molecular complexity index is 1060. The summed E-state index contributed by atoms with van der Waals surface area (Å²) in [4.78, 5) is 25.5. The van der Waals surface area contributed by atoms with Crippen molar-refractivity contribution in [2.45, 2.75) is 25.8 Å². The summed E-state index contributed by atoms with van der Waals surface area (Å²) >= 11 is 0. The molecule has 3 aromatic rings. The van der Waals surface area contributed by atoms with Crippen LogP contribution in [0.25, 0.3) is 11.3 Å². The molecule has 1 aromatic heterocycles.